The van der Waals surface area contributed by atoms with E-state index in [0.29, 0.717) is 17.5 Å². The molecule has 1 aromatic heterocycles. The van der Waals surface area contributed by atoms with Gasteiger partial charge in [-0.05, 0) is 38.0 Å². The van der Waals surface area contributed by atoms with Gasteiger partial charge in [-0.25, -0.2) is 4.79 Å². The molecule has 4 rings (SSSR count). The van der Waals surface area contributed by atoms with Crippen molar-refractivity contribution in [3.63, 3.8) is 0 Å². The van der Waals surface area contributed by atoms with Gasteiger partial charge in [-0.2, -0.15) is 5.10 Å². The van der Waals surface area contributed by atoms with E-state index in [1.165, 1.54) is 12.1 Å². The van der Waals surface area contributed by atoms with Gasteiger partial charge in [0.25, 0.3) is 11.8 Å². The maximum atomic E-state index is 12.3. The standard InChI is InChI=1S/C17H15N3O4/c1-2-19-14(10-7-8-10)9-13(18-19)17(23)24-20-15(21)11-5-3-4-6-12(11)16(20)22/h3-6,9-10H,2,7-8H2,1H3. The fourth-order valence-electron chi connectivity index (χ4n) is 2.87. The molecule has 0 radical (unpaired) electrons. The normalized spacial score (nSPS) is 16.5. The molecule has 122 valence electrons. The topological polar surface area (TPSA) is 81.5 Å². The van der Waals surface area contributed by atoms with Crippen LogP contribution in [-0.4, -0.2) is 32.6 Å². The molecule has 7 heteroatoms. The number of hydroxylamine groups is 2. The Balaban J connectivity index is 1.57. The number of carbonyl (C=O) groups is 3. The largest absolute Gasteiger partial charge is 0.384 e. The van der Waals surface area contributed by atoms with Gasteiger partial charge in [-0.1, -0.05) is 17.2 Å². The summed E-state index contributed by atoms with van der Waals surface area (Å²) in [5, 5.41) is 4.73. The number of fused-ring (bicyclic) bond motifs is 1. The second kappa shape index (κ2) is 5.30. The molecule has 1 aliphatic heterocycles. The number of imide groups is 1. The minimum atomic E-state index is -0.807. The van der Waals surface area contributed by atoms with Crippen LogP contribution in [0.5, 0.6) is 0 Å². The first-order chi connectivity index (χ1) is 11.6. The van der Waals surface area contributed by atoms with Crippen LogP contribution in [0.3, 0.4) is 0 Å². The van der Waals surface area contributed by atoms with Gasteiger partial charge in [0.05, 0.1) is 11.1 Å². The van der Waals surface area contributed by atoms with E-state index in [0.717, 1.165) is 18.5 Å². The quantitative estimate of drug-likeness (QED) is 0.805. The van der Waals surface area contributed by atoms with Gasteiger partial charge in [0, 0.05) is 18.2 Å². The number of benzene rings is 1. The van der Waals surface area contributed by atoms with Crippen LogP contribution < -0.4 is 0 Å². The number of amides is 2. The smallest absolute Gasteiger partial charge is 0.322 e. The fourth-order valence-corrected chi connectivity index (χ4v) is 2.87. The Morgan fingerprint density at radius 3 is 2.38 bits per heavy atom. The van der Waals surface area contributed by atoms with Crippen LogP contribution >= 0.6 is 0 Å². The Kier molecular flexibility index (Phi) is 3.23. The van der Waals surface area contributed by atoms with Gasteiger partial charge in [0.15, 0.2) is 5.69 Å². The first-order valence-electron chi connectivity index (χ1n) is 7.88. The summed E-state index contributed by atoms with van der Waals surface area (Å²) in [6.45, 7) is 2.59. The summed E-state index contributed by atoms with van der Waals surface area (Å²) in [5.41, 5.74) is 1.56. The Morgan fingerprint density at radius 2 is 1.83 bits per heavy atom. The van der Waals surface area contributed by atoms with Crippen LogP contribution in [0.2, 0.25) is 0 Å². The second-order valence-corrected chi connectivity index (χ2v) is 5.87. The van der Waals surface area contributed by atoms with E-state index in [9.17, 15) is 14.4 Å². The zero-order valence-corrected chi connectivity index (χ0v) is 13.1. The second-order valence-electron chi connectivity index (χ2n) is 5.87. The highest BCUT2D eigenvalue weighted by molar-refractivity contribution is 6.21. The van der Waals surface area contributed by atoms with Crippen molar-refractivity contribution in [1.29, 1.82) is 0 Å². The molecule has 0 N–H and O–H groups in total. The molecule has 1 aliphatic carbocycles. The zero-order chi connectivity index (χ0) is 16.8. The highest BCUT2D eigenvalue weighted by Gasteiger charge is 2.39. The number of nitrogens with zero attached hydrogens (tertiary/aromatic N) is 3. The zero-order valence-electron chi connectivity index (χ0n) is 13.1. The maximum Gasteiger partial charge on any atom is 0.384 e. The van der Waals surface area contributed by atoms with Crippen LogP contribution in [0.25, 0.3) is 0 Å². The molecule has 2 amide bonds. The van der Waals surface area contributed by atoms with Gasteiger partial charge in [-0.15, -0.1) is 0 Å². The van der Waals surface area contributed by atoms with E-state index < -0.39 is 17.8 Å². The first kappa shape index (κ1) is 14.6. The molecular formula is C17H15N3O4. The molecule has 0 spiro atoms. The molecule has 1 fully saturated rings. The van der Waals surface area contributed by atoms with E-state index in [-0.39, 0.29) is 16.8 Å². The molecule has 2 aliphatic rings. The highest BCUT2D eigenvalue weighted by atomic mass is 16.7. The minimum absolute atomic E-state index is 0.107. The van der Waals surface area contributed by atoms with Crippen molar-refractivity contribution in [2.45, 2.75) is 32.2 Å². The van der Waals surface area contributed by atoms with E-state index in [4.69, 9.17) is 4.84 Å². The van der Waals surface area contributed by atoms with Crippen LogP contribution in [0, 0.1) is 0 Å². The summed E-state index contributed by atoms with van der Waals surface area (Å²) in [6.07, 6.45) is 2.16. The van der Waals surface area contributed by atoms with Crippen LogP contribution in [-0.2, 0) is 11.4 Å². The molecule has 1 saturated carbocycles. The molecule has 2 heterocycles. The summed E-state index contributed by atoms with van der Waals surface area (Å²) in [4.78, 5) is 41.8. The average Bonchev–Trinajstić information content (AvgIpc) is 3.31. The van der Waals surface area contributed by atoms with Crippen molar-refractivity contribution in [3.05, 3.63) is 52.8 Å². The Labute approximate surface area is 137 Å². The Hall–Kier alpha value is -2.96. The van der Waals surface area contributed by atoms with Crippen LogP contribution in [0.15, 0.2) is 30.3 Å². The summed E-state index contributed by atoms with van der Waals surface area (Å²) in [5.74, 6) is -1.65. The van der Waals surface area contributed by atoms with Gasteiger partial charge < -0.3 is 4.84 Å². The van der Waals surface area contributed by atoms with E-state index in [1.807, 2.05) is 6.92 Å². The number of carbonyl (C=O) groups excluding carboxylic acids is 3. The molecule has 0 atom stereocenters. The lowest BCUT2D eigenvalue weighted by atomic mass is 10.1. The van der Waals surface area contributed by atoms with E-state index in [1.54, 1.807) is 22.9 Å². The molecule has 2 aromatic rings. The lowest BCUT2D eigenvalue weighted by Gasteiger charge is -2.11. The Morgan fingerprint density at radius 1 is 1.21 bits per heavy atom. The van der Waals surface area contributed by atoms with Gasteiger partial charge >= 0.3 is 5.97 Å². The summed E-state index contributed by atoms with van der Waals surface area (Å²) < 4.78 is 1.76. The van der Waals surface area contributed by atoms with Crippen molar-refractivity contribution < 1.29 is 19.2 Å². The first-order valence-corrected chi connectivity index (χ1v) is 7.88. The van der Waals surface area contributed by atoms with Crippen molar-refractivity contribution in [1.82, 2.24) is 14.8 Å². The molecule has 24 heavy (non-hydrogen) atoms. The minimum Gasteiger partial charge on any atom is -0.322 e. The Bertz CT molecular complexity index is 831. The maximum absolute atomic E-state index is 12.3. The van der Waals surface area contributed by atoms with Gasteiger partial charge in [-0.3, -0.25) is 14.3 Å². The molecule has 7 nitrogen and oxygen atoms in total. The number of hydrogen-bond acceptors (Lipinski definition) is 5. The third-order valence-electron chi connectivity index (χ3n) is 4.25. The van der Waals surface area contributed by atoms with Crippen molar-refractivity contribution >= 4 is 17.8 Å². The van der Waals surface area contributed by atoms with Crippen molar-refractivity contribution in [2.75, 3.05) is 0 Å². The molecule has 1 aromatic carbocycles. The fraction of sp³-hybridized carbons (Fsp3) is 0.294. The molecule has 0 bridgehead atoms. The summed E-state index contributed by atoms with van der Waals surface area (Å²) >= 11 is 0. The van der Waals surface area contributed by atoms with Crippen molar-refractivity contribution in [3.8, 4) is 0 Å². The van der Waals surface area contributed by atoms with Gasteiger partial charge in [0.1, 0.15) is 0 Å². The lowest BCUT2D eigenvalue weighted by molar-refractivity contribution is -0.0588. The lowest BCUT2D eigenvalue weighted by Crippen LogP contribution is -2.32. The summed E-state index contributed by atoms with van der Waals surface area (Å²) in [7, 11) is 0. The molecule has 0 unspecified atom stereocenters. The predicted octanol–water partition coefficient (Wildman–Crippen LogP) is 2.15. The molecule has 0 saturated heterocycles. The highest BCUT2D eigenvalue weighted by Crippen LogP contribution is 2.40. The van der Waals surface area contributed by atoms with Crippen LogP contribution in [0.4, 0.5) is 0 Å². The molecular weight excluding hydrogens is 310 g/mol. The van der Waals surface area contributed by atoms with Gasteiger partial charge in [0.2, 0.25) is 0 Å². The SMILES string of the molecule is CCn1nc(C(=O)ON2C(=O)c3ccccc3C2=O)cc1C1CC1. The van der Waals surface area contributed by atoms with Crippen molar-refractivity contribution in [2.24, 2.45) is 0 Å². The third kappa shape index (κ3) is 2.20. The number of aryl methyl sites for hydroxylation is 1. The van der Waals surface area contributed by atoms with E-state index >= 15 is 0 Å². The van der Waals surface area contributed by atoms with Crippen LogP contribution in [0.1, 0.15) is 62.6 Å². The third-order valence-corrected chi connectivity index (χ3v) is 4.25. The van der Waals surface area contributed by atoms with E-state index in [2.05, 4.69) is 5.10 Å². The number of hydrogen-bond donors (Lipinski definition) is 0. The summed E-state index contributed by atoms with van der Waals surface area (Å²) in [6, 6.07) is 8.04. The monoisotopic (exact) mass is 325 g/mol. The number of aromatic nitrogens is 2. The predicted molar refractivity (Wildman–Crippen MR) is 82.2 cm³/mol. The average molecular weight is 325 g/mol. The number of rotatable bonds is 4.